The van der Waals surface area contributed by atoms with Crippen LogP contribution < -0.4 is 14.7 Å². The molecule has 7 rings (SSSR count). The number of aromatic nitrogens is 3. The van der Waals surface area contributed by atoms with Crippen LogP contribution in [0.5, 0.6) is 0 Å². The van der Waals surface area contributed by atoms with E-state index in [4.69, 9.17) is 0 Å². The standard InChI is InChI=1S/C45H36Br3N6O3.Ir/c1-52(37-13-16-40(49-25-37)28-7-4-10-34(46)22-28)43(55)31-19-32(44(56)53(2)38-14-17-41(50-26-38)29-8-5-11-35(47)23-29)21-33(20-31)45(57)54(3)39-15-18-42(51-27-39)30-9-6-12-36(48)24-30;/h4-6,10-18,22-27,31-33H,19-21H2,1-3H3;/q-3;+3. The van der Waals surface area contributed by atoms with E-state index in [-0.39, 0.29) is 57.1 Å². The van der Waals surface area contributed by atoms with Gasteiger partial charge in [0.05, 0.1) is 17.1 Å². The maximum atomic E-state index is 14.3. The number of amides is 3. The van der Waals surface area contributed by atoms with Crippen molar-refractivity contribution in [2.45, 2.75) is 19.3 Å². The number of anilines is 3. The Labute approximate surface area is 377 Å². The van der Waals surface area contributed by atoms with Crippen LogP contribution in [0.3, 0.4) is 0 Å². The van der Waals surface area contributed by atoms with Gasteiger partial charge in [-0.3, -0.25) is 14.4 Å². The number of carbonyl (C=O) groups is 3. The van der Waals surface area contributed by atoms with E-state index in [1.54, 1.807) is 54.4 Å². The van der Waals surface area contributed by atoms with Crippen LogP contribution in [-0.4, -0.2) is 53.8 Å². The van der Waals surface area contributed by atoms with Crippen LogP contribution in [0.15, 0.2) is 123 Å². The minimum Gasteiger partial charge on any atom is -0.314 e. The molecule has 0 bridgehead atoms. The van der Waals surface area contributed by atoms with Gasteiger partial charge in [0.1, 0.15) is 0 Å². The average Bonchev–Trinajstić information content (AvgIpc) is 3.25. The molecule has 0 saturated heterocycles. The Hall–Kier alpha value is -4.39. The smallest absolute Gasteiger partial charge is 0.314 e. The molecular formula is C45H36Br3IrN6O3. The third kappa shape index (κ3) is 9.89. The van der Waals surface area contributed by atoms with E-state index in [2.05, 4.69) is 80.9 Å². The van der Waals surface area contributed by atoms with Crippen LogP contribution in [-0.2, 0) is 34.5 Å². The van der Waals surface area contributed by atoms with Crippen molar-refractivity contribution in [2.75, 3.05) is 35.8 Å². The summed E-state index contributed by atoms with van der Waals surface area (Å²) in [5.41, 5.74) is 6.43. The minimum atomic E-state index is -0.605. The van der Waals surface area contributed by atoms with Gasteiger partial charge in [-0.05, 0) is 54.5 Å². The van der Waals surface area contributed by atoms with Gasteiger partial charge in [0.2, 0.25) is 17.7 Å². The molecule has 1 saturated carbocycles. The molecule has 6 aromatic rings. The monoisotopic (exact) mass is 1140 g/mol. The molecule has 0 unspecified atom stereocenters. The van der Waals surface area contributed by atoms with Crippen molar-refractivity contribution in [2.24, 2.45) is 17.8 Å². The molecule has 13 heteroatoms. The van der Waals surface area contributed by atoms with Gasteiger partial charge in [0, 0.05) is 57.5 Å². The topological polar surface area (TPSA) is 99.6 Å². The molecule has 0 aliphatic heterocycles. The number of hydrogen-bond donors (Lipinski definition) is 0. The van der Waals surface area contributed by atoms with Crippen LogP contribution in [0.2, 0.25) is 0 Å². The first-order valence-electron chi connectivity index (χ1n) is 18.2. The summed E-state index contributed by atoms with van der Waals surface area (Å²) in [7, 11) is 5.11. The summed E-state index contributed by atoms with van der Waals surface area (Å²) in [5, 5.41) is 0. The van der Waals surface area contributed by atoms with Gasteiger partial charge in [-0.15, -0.1) is 89.5 Å². The Kier molecular flexibility index (Phi) is 14.2. The first kappa shape index (κ1) is 43.2. The Morgan fingerprint density at radius 2 is 0.776 bits per heavy atom. The zero-order chi connectivity index (χ0) is 40.2. The molecule has 58 heavy (non-hydrogen) atoms. The number of hydrogen-bond acceptors (Lipinski definition) is 6. The quantitative estimate of drug-likeness (QED) is 0.134. The van der Waals surface area contributed by atoms with Crippen LogP contribution in [0.4, 0.5) is 17.1 Å². The summed E-state index contributed by atoms with van der Waals surface area (Å²) >= 11 is 10.5. The molecular weight excluding hydrogens is 1100 g/mol. The molecule has 3 aromatic heterocycles. The molecule has 294 valence electrons. The van der Waals surface area contributed by atoms with Gasteiger partial charge >= 0.3 is 20.1 Å². The predicted molar refractivity (Wildman–Crippen MR) is 233 cm³/mol. The third-order valence-corrected chi connectivity index (χ3v) is 11.8. The van der Waals surface area contributed by atoms with E-state index >= 15 is 0 Å². The van der Waals surface area contributed by atoms with Crippen molar-refractivity contribution in [1.29, 1.82) is 0 Å². The fraction of sp³-hybridized carbons (Fsp3) is 0.200. The van der Waals surface area contributed by atoms with Crippen LogP contribution in [0.1, 0.15) is 19.3 Å². The minimum absolute atomic E-state index is 0. The first-order chi connectivity index (χ1) is 27.4. The second-order valence-electron chi connectivity index (χ2n) is 14.0. The van der Waals surface area contributed by atoms with Crippen molar-refractivity contribution < 1.29 is 34.5 Å². The molecule has 1 fully saturated rings. The molecule has 0 radical (unpaired) electrons. The number of benzene rings is 3. The van der Waals surface area contributed by atoms with Crippen molar-refractivity contribution in [3.63, 3.8) is 0 Å². The number of rotatable bonds is 9. The maximum Gasteiger partial charge on any atom is 3.00 e. The van der Waals surface area contributed by atoms with Gasteiger partial charge in [-0.25, -0.2) is 0 Å². The molecule has 0 atom stereocenters. The summed E-state index contributed by atoms with van der Waals surface area (Å²) in [5.74, 6) is -2.38. The SMILES string of the molecule is CN(C(=O)C1CC(C(=O)N(C)c2ccc(-c3[c-]ccc(Br)c3)nc2)CC(C(=O)N(C)c2ccc(-c3[c-]ccc(Br)c3)nc2)C1)c1ccc(-c2[c-]ccc(Br)c2)nc1.[Ir+3]. The molecule has 1 aliphatic rings. The van der Waals surface area contributed by atoms with Gasteiger partial charge in [-0.1, -0.05) is 79.4 Å². The summed E-state index contributed by atoms with van der Waals surface area (Å²) < 4.78 is 2.74. The summed E-state index contributed by atoms with van der Waals surface area (Å²) in [6, 6.07) is 37.6. The first-order valence-corrected chi connectivity index (χ1v) is 20.6. The van der Waals surface area contributed by atoms with E-state index < -0.39 is 17.8 Å². The molecule has 3 amide bonds. The summed E-state index contributed by atoms with van der Waals surface area (Å²) in [6.45, 7) is 0. The molecule has 9 nitrogen and oxygen atoms in total. The fourth-order valence-corrected chi connectivity index (χ4v) is 8.20. The van der Waals surface area contributed by atoms with Gasteiger partial charge < -0.3 is 29.7 Å². The van der Waals surface area contributed by atoms with Crippen molar-refractivity contribution >= 4 is 82.6 Å². The Balaban J connectivity index is 0.00000567. The molecule has 0 spiro atoms. The second kappa shape index (κ2) is 19.1. The van der Waals surface area contributed by atoms with E-state index in [0.29, 0.717) is 17.1 Å². The second-order valence-corrected chi connectivity index (χ2v) is 16.7. The van der Waals surface area contributed by atoms with Crippen molar-refractivity contribution in [1.82, 2.24) is 15.0 Å². The van der Waals surface area contributed by atoms with E-state index in [9.17, 15) is 14.4 Å². The van der Waals surface area contributed by atoms with Gasteiger partial charge in [0.25, 0.3) is 0 Å². The van der Waals surface area contributed by atoms with Crippen LogP contribution in [0, 0.1) is 36.0 Å². The maximum absolute atomic E-state index is 14.3. The largest absolute Gasteiger partial charge is 3.00 e. The average molecular weight is 1140 g/mol. The van der Waals surface area contributed by atoms with Gasteiger partial charge in [0.15, 0.2) is 0 Å². The Morgan fingerprint density at radius 3 is 1.00 bits per heavy atom. The Bertz CT molecular complexity index is 2140. The van der Waals surface area contributed by atoms with E-state index in [0.717, 1.165) is 47.2 Å². The zero-order valence-electron chi connectivity index (χ0n) is 31.6. The number of halogens is 3. The fourth-order valence-electron chi connectivity index (χ4n) is 7.12. The molecule has 0 N–H and O–H groups in total. The molecule has 3 heterocycles. The van der Waals surface area contributed by atoms with Crippen LogP contribution in [0.25, 0.3) is 33.8 Å². The summed E-state index contributed by atoms with van der Waals surface area (Å²) in [6.07, 6.45) is 5.83. The van der Waals surface area contributed by atoms with Gasteiger partial charge in [-0.2, -0.15) is 0 Å². The number of pyridine rings is 3. The van der Waals surface area contributed by atoms with Crippen molar-refractivity contribution in [3.8, 4) is 33.8 Å². The van der Waals surface area contributed by atoms with E-state index in [1.807, 2.05) is 91.0 Å². The van der Waals surface area contributed by atoms with Crippen LogP contribution >= 0.6 is 47.8 Å². The van der Waals surface area contributed by atoms with Crippen molar-refractivity contribution in [3.05, 3.63) is 141 Å². The molecule has 3 aromatic carbocycles. The number of nitrogens with zero attached hydrogens (tertiary/aromatic N) is 6. The van der Waals surface area contributed by atoms with E-state index in [1.165, 1.54) is 0 Å². The normalized spacial score (nSPS) is 16.1. The Morgan fingerprint density at radius 1 is 0.500 bits per heavy atom. The zero-order valence-corrected chi connectivity index (χ0v) is 38.8. The number of carbonyl (C=O) groups excluding carboxylic acids is 3. The predicted octanol–water partition coefficient (Wildman–Crippen LogP) is 9.88. The summed E-state index contributed by atoms with van der Waals surface area (Å²) in [4.78, 5) is 61.5. The molecule has 1 aliphatic carbocycles. The third-order valence-electron chi connectivity index (χ3n) is 10.3.